The van der Waals surface area contributed by atoms with Crippen LogP contribution < -0.4 is 10.5 Å². The van der Waals surface area contributed by atoms with E-state index in [1.807, 2.05) is 6.92 Å². The van der Waals surface area contributed by atoms with Crippen LogP contribution in [-0.2, 0) is 16.4 Å². The maximum atomic E-state index is 12.0. The Hall–Kier alpha value is -1.16. The third kappa shape index (κ3) is 3.94. The molecule has 0 aliphatic carbocycles. The van der Waals surface area contributed by atoms with Crippen LogP contribution in [0.3, 0.4) is 0 Å². The number of nitrogens with two attached hydrogens (primary N) is 1. The highest BCUT2D eigenvalue weighted by molar-refractivity contribution is 8.01. The molecule has 0 saturated carbocycles. The van der Waals surface area contributed by atoms with Crippen LogP contribution in [-0.4, -0.2) is 24.3 Å². The number of aromatic nitrogens is 2. The molecular formula is C12H16N4O2S3. The van der Waals surface area contributed by atoms with E-state index in [1.54, 1.807) is 19.1 Å². The number of sulfonamides is 1. The van der Waals surface area contributed by atoms with Gasteiger partial charge in [-0.3, -0.25) is 0 Å². The number of hydrogen-bond acceptors (Lipinski definition) is 7. The van der Waals surface area contributed by atoms with Crippen LogP contribution in [0.5, 0.6) is 0 Å². The highest BCUT2D eigenvalue weighted by Gasteiger charge is 2.15. The van der Waals surface area contributed by atoms with Crippen molar-refractivity contribution in [2.75, 3.05) is 12.3 Å². The molecule has 3 N–H and O–H groups in total. The summed E-state index contributed by atoms with van der Waals surface area (Å²) in [6.45, 7) is 4.05. The molecule has 114 valence electrons. The minimum absolute atomic E-state index is 0.196. The van der Waals surface area contributed by atoms with Gasteiger partial charge in [-0.1, -0.05) is 25.6 Å². The van der Waals surface area contributed by atoms with Gasteiger partial charge in [-0.15, -0.1) is 0 Å². The number of rotatable bonds is 6. The van der Waals surface area contributed by atoms with Gasteiger partial charge in [0.15, 0.2) is 4.34 Å². The summed E-state index contributed by atoms with van der Waals surface area (Å²) < 4.78 is 31.4. The maximum Gasteiger partial charge on any atom is 0.240 e. The van der Waals surface area contributed by atoms with Gasteiger partial charge in [0.1, 0.15) is 5.82 Å². The van der Waals surface area contributed by atoms with Crippen LogP contribution in [0, 0.1) is 0 Å². The zero-order valence-corrected chi connectivity index (χ0v) is 14.1. The lowest BCUT2D eigenvalue weighted by atomic mass is 10.3. The summed E-state index contributed by atoms with van der Waals surface area (Å²) in [4.78, 5) is 5.20. The van der Waals surface area contributed by atoms with Crippen LogP contribution in [0.25, 0.3) is 0 Å². The highest BCUT2D eigenvalue weighted by Crippen LogP contribution is 2.34. The topological polar surface area (TPSA) is 98.0 Å². The molecular weight excluding hydrogens is 328 g/mol. The molecule has 2 aromatic rings. The molecule has 21 heavy (non-hydrogen) atoms. The first-order valence-electron chi connectivity index (χ1n) is 6.36. The van der Waals surface area contributed by atoms with Gasteiger partial charge < -0.3 is 5.73 Å². The molecule has 0 fully saturated rings. The van der Waals surface area contributed by atoms with Gasteiger partial charge in [-0.25, -0.2) is 18.1 Å². The smallest absolute Gasteiger partial charge is 0.240 e. The van der Waals surface area contributed by atoms with Crippen molar-refractivity contribution in [2.24, 2.45) is 0 Å². The summed E-state index contributed by atoms with van der Waals surface area (Å²) in [6.07, 6.45) is 0.765. The minimum atomic E-state index is -3.49. The molecule has 1 aromatic heterocycles. The molecule has 0 bridgehead atoms. The zero-order valence-electron chi connectivity index (χ0n) is 11.7. The monoisotopic (exact) mass is 344 g/mol. The highest BCUT2D eigenvalue weighted by atomic mass is 32.2. The Balaban J connectivity index is 2.31. The maximum absolute atomic E-state index is 12.0. The molecule has 2 rings (SSSR count). The van der Waals surface area contributed by atoms with Gasteiger partial charge >= 0.3 is 0 Å². The molecule has 0 unspecified atom stereocenters. The van der Waals surface area contributed by atoms with E-state index in [4.69, 9.17) is 5.73 Å². The third-order valence-corrected chi connectivity index (χ3v) is 6.00. The summed E-state index contributed by atoms with van der Waals surface area (Å²) in [7, 11) is -3.49. The molecule has 0 saturated heterocycles. The van der Waals surface area contributed by atoms with Crippen molar-refractivity contribution in [1.29, 1.82) is 0 Å². The molecule has 1 aromatic carbocycles. The van der Waals surface area contributed by atoms with Gasteiger partial charge in [-0.2, -0.15) is 4.37 Å². The summed E-state index contributed by atoms with van der Waals surface area (Å²) >= 11 is 2.61. The third-order valence-electron chi connectivity index (χ3n) is 2.59. The Labute approximate surface area is 132 Å². The van der Waals surface area contributed by atoms with Gasteiger partial charge in [0.05, 0.1) is 4.90 Å². The number of anilines is 1. The lowest BCUT2D eigenvalue weighted by Gasteiger charge is -2.08. The molecule has 0 radical (unpaired) electrons. The van der Waals surface area contributed by atoms with E-state index in [0.29, 0.717) is 17.1 Å². The fourth-order valence-corrected chi connectivity index (χ4v) is 4.44. The van der Waals surface area contributed by atoms with Gasteiger partial charge in [-0.05, 0) is 29.7 Å². The quantitative estimate of drug-likeness (QED) is 0.779. The molecule has 0 spiro atoms. The second-order valence-electron chi connectivity index (χ2n) is 4.13. The van der Waals surface area contributed by atoms with Crippen molar-refractivity contribution < 1.29 is 8.42 Å². The molecule has 0 aliphatic rings. The summed E-state index contributed by atoms with van der Waals surface area (Å²) in [5.74, 6) is 0.775. The first-order chi connectivity index (χ1) is 9.96. The van der Waals surface area contributed by atoms with Crippen LogP contribution in [0.15, 0.2) is 32.3 Å². The summed E-state index contributed by atoms with van der Waals surface area (Å²) in [6, 6.07) is 4.65. The molecule has 0 amide bonds. The van der Waals surface area contributed by atoms with Crippen molar-refractivity contribution in [1.82, 2.24) is 14.1 Å². The minimum Gasteiger partial charge on any atom is -0.398 e. The van der Waals surface area contributed by atoms with E-state index < -0.39 is 10.0 Å². The van der Waals surface area contributed by atoms with Gasteiger partial charge in [0, 0.05) is 23.5 Å². The Morgan fingerprint density at radius 2 is 2.14 bits per heavy atom. The van der Waals surface area contributed by atoms with Crippen molar-refractivity contribution in [3.63, 3.8) is 0 Å². The average Bonchev–Trinajstić information content (AvgIpc) is 2.88. The Kier molecular flexibility index (Phi) is 5.20. The van der Waals surface area contributed by atoms with Crippen molar-refractivity contribution in [3.8, 4) is 0 Å². The van der Waals surface area contributed by atoms with Crippen LogP contribution in [0.1, 0.15) is 19.7 Å². The van der Waals surface area contributed by atoms with E-state index in [9.17, 15) is 8.42 Å². The number of nitrogen functional groups attached to an aromatic ring is 1. The average molecular weight is 344 g/mol. The second kappa shape index (κ2) is 6.73. The van der Waals surface area contributed by atoms with E-state index in [2.05, 4.69) is 14.1 Å². The van der Waals surface area contributed by atoms with Crippen LogP contribution >= 0.6 is 23.3 Å². The normalized spacial score (nSPS) is 11.7. The summed E-state index contributed by atoms with van der Waals surface area (Å²) in [5.41, 5.74) is 6.43. The molecule has 0 aliphatic heterocycles. The zero-order chi connectivity index (χ0) is 15.5. The Morgan fingerprint density at radius 1 is 1.38 bits per heavy atom. The Bertz CT molecular complexity index is 728. The number of aryl methyl sites for hydroxylation is 1. The first kappa shape index (κ1) is 16.2. The van der Waals surface area contributed by atoms with Crippen molar-refractivity contribution in [2.45, 2.75) is 34.4 Å². The van der Waals surface area contributed by atoms with Gasteiger partial charge in [0.25, 0.3) is 0 Å². The number of benzene rings is 1. The number of hydrogen-bond donors (Lipinski definition) is 2. The largest absolute Gasteiger partial charge is 0.398 e. The van der Waals surface area contributed by atoms with Crippen LogP contribution in [0.2, 0.25) is 0 Å². The van der Waals surface area contributed by atoms with E-state index >= 15 is 0 Å². The Morgan fingerprint density at radius 3 is 2.76 bits per heavy atom. The lowest BCUT2D eigenvalue weighted by molar-refractivity contribution is 0.583. The summed E-state index contributed by atoms with van der Waals surface area (Å²) in [5, 5.41) is 0. The predicted octanol–water partition coefficient (Wildman–Crippen LogP) is 2.13. The van der Waals surface area contributed by atoms with E-state index in [1.165, 1.54) is 29.4 Å². The van der Waals surface area contributed by atoms with E-state index in [0.717, 1.165) is 16.6 Å². The molecule has 6 nitrogen and oxygen atoms in total. The SMILES string of the molecule is CCNS(=O)(=O)c1ccc(N)c(Sc2nc(CC)ns2)c1. The number of nitrogens with one attached hydrogen (secondary N) is 1. The van der Waals surface area contributed by atoms with E-state index in [-0.39, 0.29) is 4.90 Å². The van der Waals surface area contributed by atoms with Crippen LogP contribution in [0.4, 0.5) is 5.69 Å². The molecule has 9 heteroatoms. The second-order valence-corrected chi connectivity index (χ2v) is 7.94. The molecule has 1 heterocycles. The lowest BCUT2D eigenvalue weighted by Crippen LogP contribution is -2.23. The fourth-order valence-electron chi connectivity index (χ4n) is 1.56. The standard InChI is InChI=1S/C12H16N4O2S3/c1-3-11-15-12(20-16-11)19-10-7-8(5-6-9(10)13)21(17,18)14-4-2/h5-7,14H,3-4,13H2,1-2H3. The van der Waals surface area contributed by atoms with Crippen molar-refractivity contribution in [3.05, 3.63) is 24.0 Å². The van der Waals surface area contributed by atoms with Crippen molar-refractivity contribution >= 4 is 39.0 Å². The fraction of sp³-hybridized carbons (Fsp3) is 0.333. The number of nitrogens with zero attached hydrogens (tertiary/aromatic N) is 2. The predicted molar refractivity (Wildman–Crippen MR) is 85.1 cm³/mol. The first-order valence-corrected chi connectivity index (χ1v) is 9.43. The molecule has 0 atom stereocenters. The van der Waals surface area contributed by atoms with Gasteiger partial charge in [0.2, 0.25) is 10.0 Å².